The molecular weight excluding hydrogens is 302 g/mol. The summed E-state index contributed by atoms with van der Waals surface area (Å²) >= 11 is 0. The molecule has 1 aromatic heterocycles. The first-order valence-corrected chi connectivity index (χ1v) is 9.76. The topological polar surface area (TPSA) is 39.5 Å². The van der Waals surface area contributed by atoms with Crippen molar-refractivity contribution in [1.29, 1.82) is 0 Å². The van der Waals surface area contributed by atoms with E-state index in [9.17, 15) is 0 Å². The number of ether oxygens (including phenoxy) is 2. The van der Waals surface area contributed by atoms with E-state index in [0.717, 1.165) is 50.6 Å². The van der Waals surface area contributed by atoms with E-state index >= 15 is 0 Å². The van der Waals surface area contributed by atoms with E-state index in [1.165, 1.54) is 50.9 Å². The van der Waals surface area contributed by atoms with E-state index in [4.69, 9.17) is 9.47 Å². The number of aromatic nitrogens is 2. The van der Waals surface area contributed by atoms with Gasteiger partial charge in [-0.05, 0) is 64.5 Å². The summed E-state index contributed by atoms with van der Waals surface area (Å²) in [4.78, 5) is 7.37. The summed E-state index contributed by atoms with van der Waals surface area (Å²) in [6.45, 7) is 8.58. The zero-order valence-corrected chi connectivity index (χ0v) is 15.0. The van der Waals surface area contributed by atoms with E-state index < -0.39 is 0 Å². The van der Waals surface area contributed by atoms with Crippen LogP contribution in [0.25, 0.3) is 0 Å². The highest BCUT2D eigenvalue weighted by molar-refractivity contribution is 5.07. The van der Waals surface area contributed by atoms with Crippen LogP contribution in [0.1, 0.15) is 56.1 Å². The summed E-state index contributed by atoms with van der Waals surface area (Å²) in [6, 6.07) is 0.761. The Balaban J connectivity index is 1.34. The van der Waals surface area contributed by atoms with Gasteiger partial charge >= 0.3 is 0 Å². The van der Waals surface area contributed by atoms with E-state index in [2.05, 4.69) is 21.4 Å². The van der Waals surface area contributed by atoms with Crippen molar-refractivity contribution in [2.75, 3.05) is 32.9 Å². The third-order valence-electron chi connectivity index (χ3n) is 6.10. The maximum absolute atomic E-state index is 5.88. The van der Waals surface area contributed by atoms with Crippen molar-refractivity contribution in [2.45, 2.75) is 64.1 Å². The van der Waals surface area contributed by atoms with Gasteiger partial charge in [-0.25, -0.2) is 4.98 Å². The van der Waals surface area contributed by atoms with Crippen LogP contribution >= 0.6 is 0 Å². The summed E-state index contributed by atoms with van der Waals surface area (Å²) in [7, 11) is 0. The molecule has 3 saturated heterocycles. The van der Waals surface area contributed by atoms with Gasteiger partial charge in [0, 0.05) is 44.3 Å². The Labute approximate surface area is 145 Å². The molecule has 0 spiro atoms. The second-order valence-electron chi connectivity index (χ2n) is 7.69. The van der Waals surface area contributed by atoms with Gasteiger partial charge in [-0.3, -0.25) is 0 Å². The van der Waals surface area contributed by atoms with Crippen molar-refractivity contribution < 1.29 is 9.47 Å². The average Bonchev–Trinajstić information content (AvgIpc) is 3.27. The Bertz CT molecular complexity index is 525. The monoisotopic (exact) mass is 333 g/mol. The molecule has 3 aliphatic heterocycles. The van der Waals surface area contributed by atoms with Crippen LogP contribution in [0.4, 0.5) is 0 Å². The molecule has 0 saturated carbocycles. The number of hydrogen-bond donors (Lipinski definition) is 0. The largest absolute Gasteiger partial charge is 0.381 e. The van der Waals surface area contributed by atoms with Crippen LogP contribution in [0, 0.1) is 12.8 Å². The van der Waals surface area contributed by atoms with Crippen LogP contribution in [-0.2, 0) is 16.0 Å². The maximum atomic E-state index is 5.88. The Kier molecular flexibility index (Phi) is 5.20. The number of piperidine rings is 1. The van der Waals surface area contributed by atoms with Gasteiger partial charge in [0.15, 0.2) is 0 Å². The van der Waals surface area contributed by atoms with Crippen molar-refractivity contribution >= 4 is 0 Å². The Hall–Kier alpha value is -0.910. The number of nitrogens with zero attached hydrogens (tertiary/aromatic N) is 3. The summed E-state index contributed by atoms with van der Waals surface area (Å²) in [5.74, 6) is 1.94. The van der Waals surface area contributed by atoms with Crippen LogP contribution in [-0.4, -0.2) is 53.4 Å². The van der Waals surface area contributed by atoms with Crippen LogP contribution in [0.5, 0.6) is 0 Å². The molecule has 0 amide bonds. The zero-order valence-electron chi connectivity index (χ0n) is 15.0. The fraction of sp³-hybridized carbons (Fsp3) is 0.842. The molecule has 4 heterocycles. The molecule has 0 N–H and O–H groups in total. The van der Waals surface area contributed by atoms with Gasteiger partial charge in [-0.1, -0.05) is 0 Å². The lowest BCUT2D eigenvalue weighted by atomic mass is 9.94. The lowest BCUT2D eigenvalue weighted by molar-refractivity contribution is 0.0196. The Morgan fingerprint density at radius 1 is 1.08 bits per heavy atom. The number of aryl methyl sites for hydroxylation is 1. The molecule has 4 rings (SSSR count). The predicted octanol–water partition coefficient (Wildman–Crippen LogP) is 2.93. The van der Waals surface area contributed by atoms with Gasteiger partial charge in [0.1, 0.15) is 11.9 Å². The van der Waals surface area contributed by atoms with Gasteiger partial charge < -0.3 is 18.9 Å². The Morgan fingerprint density at radius 3 is 2.58 bits per heavy atom. The third kappa shape index (κ3) is 3.53. The molecule has 1 unspecified atom stereocenters. The number of imidazole rings is 1. The summed E-state index contributed by atoms with van der Waals surface area (Å²) in [5, 5.41) is 0. The maximum Gasteiger partial charge on any atom is 0.138 e. The first kappa shape index (κ1) is 16.6. The highest BCUT2D eigenvalue weighted by Crippen LogP contribution is 2.30. The smallest absolute Gasteiger partial charge is 0.138 e. The number of rotatable bonds is 4. The third-order valence-corrected chi connectivity index (χ3v) is 6.10. The van der Waals surface area contributed by atoms with Gasteiger partial charge in [-0.15, -0.1) is 0 Å². The van der Waals surface area contributed by atoms with Gasteiger partial charge in [0.2, 0.25) is 0 Å². The standard InChI is InChI=1S/C19H31N3O2/c1-15-13-20-19(18-3-2-10-24-18)22(15)14-16-4-8-21(9-5-16)17-6-11-23-12-7-17/h13,16-18H,2-12,14H2,1H3. The summed E-state index contributed by atoms with van der Waals surface area (Å²) in [6.07, 6.45) is 9.58. The van der Waals surface area contributed by atoms with Crippen LogP contribution < -0.4 is 0 Å². The predicted molar refractivity (Wildman–Crippen MR) is 93.0 cm³/mol. The van der Waals surface area contributed by atoms with Crippen molar-refractivity contribution in [3.05, 3.63) is 17.7 Å². The molecule has 1 atom stereocenters. The molecule has 0 aliphatic carbocycles. The van der Waals surface area contributed by atoms with Crippen molar-refractivity contribution in [1.82, 2.24) is 14.5 Å². The quantitative estimate of drug-likeness (QED) is 0.849. The minimum Gasteiger partial charge on any atom is -0.381 e. The zero-order chi connectivity index (χ0) is 16.4. The van der Waals surface area contributed by atoms with E-state index in [1.807, 2.05) is 6.20 Å². The molecule has 0 bridgehead atoms. The minimum absolute atomic E-state index is 0.223. The molecule has 3 fully saturated rings. The average molecular weight is 333 g/mol. The summed E-state index contributed by atoms with van der Waals surface area (Å²) < 4.78 is 13.8. The highest BCUT2D eigenvalue weighted by Gasteiger charge is 2.28. The Morgan fingerprint density at radius 2 is 1.88 bits per heavy atom. The van der Waals surface area contributed by atoms with E-state index in [0.29, 0.717) is 0 Å². The van der Waals surface area contributed by atoms with Crippen LogP contribution in [0.15, 0.2) is 6.20 Å². The van der Waals surface area contributed by atoms with Crippen molar-refractivity contribution in [3.8, 4) is 0 Å². The van der Waals surface area contributed by atoms with Gasteiger partial charge in [0.05, 0.1) is 0 Å². The van der Waals surface area contributed by atoms with Crippen LogP contribution in [0.2, 0.25) is 0 Å². The molecule has 134 valence electrons. The first-order chi connectivity index (χ1) is 11.8. The summed E-state index contributed by atoms with van der Waals surface area (Å²) in [5.41, 5.74) is 1.28. The van der Waals surface area contributed by atoms with E-state index in [-0.39, 0.29) is 6.10 Å². The second-order valence-corrected chi connectivity index (χ2v) is 7.69. The lowest BCUT2D eigenvalue weighted by Gasteiger charge is -2.39. The highest BCUT2D eigenvalue weighted by atomic mass is 16.5. The normalized spacial score (nSPS) is 27.8. The van der Waals surface area contributed by atoms with Crippen molar-refractivity contribution in [2.24, 2.45) is 5.92 Å². The molecular formula is C19H31N3O2. The molecule has 5 nitrogen and oxygen atoms in total. The molecule has 5 heteroatoms. The van der Waals surface area contributed by atoms with Crippen molar-refractivity contribution in [3.63, 3.8) is 0 Å². The first-order valence-electron chi connectivity index (χ1n) is 9.76. The SMILES string of the molecule is Cc1cnc(C2CCCO2)n1CC1CCN(C2CCOCC2)CC1. The molecule has 24 heavy (non-hydrogen) atoms. The second kappa shape index (κ2) is 7.54. The lowest BCUT2D eigenvalue weighted by Crippen LogP contribution is -2.44. The fourth-order valence-corrected chi connectivity index (χ4v) is 4.56. The fourth-order valence-electron chi connectivity index (χ4n) is 4.56. The molecule has 0 radical (unpaired) electrons. The minimum atomic E-state index is 0.223. The van der Waals surface area contributed by atoms with E-state index in [1.54, 1.807) is 0 Å². The molecule has 0 aromatic carbocycles. The van der Waals surface area contributed by atoms with Gasteiger partial charge in [0.25, 0.3) is 0 Å². The number of hydrogen-bond acceptors (Lipinski definition) is 4. The van der Waals surface area contributed by atoms with Crippen LogP contribution in [0.3, 0.4) is 0 Å². The molecule has 1 aromatic rings. The van der Waals surface area contributed by atoms with Gasteiger partial charge in [-0.2, -0.15) is 0 Å². The number of likely N-dealkylation sites (tertiary alicyclic amines) is 1. The molecule has 3 aliphatic rings.